The molecule has 4 aromatic rings. The Morgan fingerprint density at radius 2 is 1.49 bits per heavy atom. The Kier molecular flexibility index (Phi) is 6.97. The highest BCUT2D eigenvalue weighted by molar-refractivity contribution is 7.92. The van der Waals surface area contributed by atoms with Gasteiger partial charge in [-0.05, 0) is 72.0 Å². The smallest absolute Gasteiger partial charge is 0.264 e. The van der Waals surface area contributed by atoms with Crippen LogP contribution in [0, 0.1) is 0 Å². The van der Waals surface area contributed by atoms with E-state index in [2.05, 4.69) is 5.32 Å². The van der Waals surface area contributed by atoms with E-state index in [1.807, 2.05) is 66.7 Å². The minimum absolute atomic E-state index is 0.143. The zero-order valence-corrected chi connectivity index (χ0v) is 21.3. The molecule has 1 aliphatic rings. The SMILES string of the molecule is COc1ccc(S(=O)(=O)N2CCCc3cc(NC(=O)C(c4ccccc4)c4ccccc4)ccc32)cc1. The number of amides is 1. The highest BCUT2D eigenvalue weighted by atomic mass is 32.2. The van der Waals surface area contributed by atoms with Crippen LogP contribution in [-0.2, 0) is 21.2 Å². The maximum atomic E-state index is 13.5. The van der Waals surface area contributed by atoms with Gasteiger partial charge in [-0.15, -0.1) is 0 Å². The lowest BCUT2D eigenvalue weighted by molar-refractivity contribution is -0.116. The quantitative estimate of drug-likeness (QED) is 0.349. The lowest BCUT2D eigenvalue weighted by Crippen LogP contribution is -2.35. The molecular formula is C30H28N2O4S. The van der Waals surface area contributed by atoms with Crippen molar-refractivity contribution in [2.24, 2.45) is 0 Å². The molecule has 1 amide bonds. The number of methoxy groups -OCH3 is 1. The zero-order valence-electron chi connectivity index (χ0n) is 20.5. The van der Waals surface area contributed by atoms with Gasteiger partial charge in [0.05, 0.1) is 23.6 Å². The maximum Gasteiger partial charge on any atom is 0.264 e. The normalized spacial score (nSPS) is 13.2. The van der Waals surface area contributed by atoms with Crippen molar-refractivity contribution in [2.45, 2.75) is 23.7 Å². The number of carbonyl (C=O) groups excluding carboxylic acids is 1. The summed E-state index contributed by atoms with van der Waals surface area (Å²) in [6.07, 6.45) is 1.42. The molecule has 5 rings (SSSR count). The van der Waals surface area contributed by atoms with E-state index < -0.39 is 15.9 Å². The molecule has 0 atom stereocenters. The first-order valence-corrected chi connectivity index (χ1v) is 13.6. The number of benzene rings is 4. The van der Waals surface area contributed by atoms with Crippen molar-refractivity contribution in [1.29, 1.82) is 0 Å². The van der Waals surface area contributed by atoms with Crippen molar-refractivity contribution < 1.29 is 17.9 Å². The standard InChI is InChI=1S/C30H28N2O4S/c1-36-26-15-17-27(18-16-26)37(34,35)32-20-8-13-24-21-25(14-19-28(24)32)31-30(33)29(22-9-4-2-5-10-22)23-11-6-3-7-12-23/h2-7,9-12,14-19,21,29H,8,13,20H2,1H3,(H,31,33). The first-order valence-electron chi connectivity index (χ1n) is 12.2. The van der Waals surface area contributed by atoms with Crippen molar-refractivity contribution in [3.05, 3.63) is 120 Å². The minimum atomic E-state index is -3.73. The van der Waals surface area contributed by atoms with Crippen molar-refractivity contribution in [2.75, 3.05) is 23.3 Å². The molecule has 0 aromatic heterocycles. The summed E-state index contributed by atoms with van der Waals surface area (Å²) in [7, 11) is -2.19. The highest BCUT2D eigenvalue weighted by Gasteiger charge is 2.30. The summed E-state index contributed by atoms with van der Waals surface area (Å²) >= 11 is 0. The average Bonchev–Trinajstić information content (AvgIpc) is 2.94. The summed E-state index contributed by atoms with van der Waals surface area (Å²) in [5, 5.41) is 3.07. The highest BCUT2D eigenvalue weighted by Crippen LogP contribution is 2.35. The van der Waals surface area contributed by atoms with Gasteiger partial charge in [-0.2, -0.15) is 0 Å². The predicted octanol–water partition coefficient (Wildman–Crippen LogP) is 5.61. The van der Waals surface area contributed by atoms with E-state index in [1.165, 1.54) is 4.31 Å². The third kappa shape index (κ3) is 5.08. The van der Waals surface area contributed by atoms with E-state index in [-0.39, 0.29) is 10.8 Å². The van der Waals surface area contributed by atoms with Gasteiger partial charge in [0, 0.05) is 12.2 Å². The van der Waals surface area contributed by atoms with Gasteiger partial charge in [-0.3, -0.25) is 9.10 Å². The van der Waals surface area contributed by atoms with Gasteiger partial charge in [0.15, 0.2) is 0 Å². The number of rotatable bonds is 7. The molecule has 0 fully saturated rings. The third-order valence-electron chi connectivity index (χ3n) is 6.60. The van der Waals surface area contributed by atoms with E-state index in [4.69, 9.17) is 4.74 Å². The van der Waals surface area contributed by atoms with E-state index in [0.29, 0.717) is 30.1 Å². The molecule has 6 nitrogen and oxygen atoms in total. The molecule has 0 spiro atoms. The van der Waals surface area contributed by atoms with E-state index >= 15 is 0 Å². The van der Waals surface area contributed by atoms with Crippen molar-refractivity contribution >= 4 is 27.3 Å². The number of nitrogens with one attached hydrogen (secondary N) is 1. The Labute approximate surface area is 217 Å². The molecule has 0 saturated heterocycles. The lowest BCUT2D eigenvalue weighted by Gasteiger charge is -2.31. The van der Waals surface area contributed by atoms with Crippen LogP contribution >= 0.6 is 0 Å². The molecule has 0 bridgehead atoms. The number of aryl methyl sites for hydroxylation is 1. The molecule has 0 saturated carbocycles. The first-order chi connectivity index (χ1) is 18.0. The van der Waals surface area contributed by atoms with Gasteiger partial charge < -0.3 is 10.1 Å². The molecule has 7 heteroatoms. The topological polar surface area (TPSA) is 75.7 Å². The molecule has 0 radical (unpaired) electrons. The molecule has 0 aliphatic carbocycles. The van der Waals surface area contributed by atoms with Gasteiger partial charge >= 0.3 is 0 Å². The number of ether oxygens (including phenoxy) is 1. The first kappa shape index (κ1) is 24.6. The fourth-order valence-corrected chi connectivity index (χ4v) is 6.31. The molecule has 0 unspecified atom stereocenters. The number of anilines is 2. The molecule has 1 N–H and O–H groups in total. The molecule has 37 heavy (non-hydrogen) atoms. The number of hydrogen-bond donors (Lipinski definition) is 1. The van der Waals surface area contributed by atoms with E-state index in [9.17, 15) is 13.2 Å². The summed E-state index contributed by atoms with van der Waals surface area (Å²) in [6, 6.07) is 31.2. The fourth-order valence-electron chi connectivity index (χ4n) is 4.77. The summed E-state index contributed by atoms with van der Waals surface area (Å²) < 4.78 is 33.5. The Hall–Kier alpha value is -4.10. The number of hydrogen-bond acceptors (Lipinski definition) is 4. The Morgan fingerprint density at radius 3 is 2.08 bits per heavy atom. The number of carbonyl (C=O) groups is 1. The third-order valence-corrected chi connectivity index (χ3v) is 8.43. The predicted molar refractivity (Wildman–Crippen MR) is 146 cm³/mol. The summed E-state index contributed by atoms with van der Waals surface area (Å²) in [6.45, 7) is 0.400. The van der Waals surface area contributed by atoms with Crippen LogP contribution in [0.1, 0.15) is 29.0 Å². The van der Waals surface area contributed by atoms with Crippen LogP contribution < -0.4 is 14.4 Å². The minimum Gasteiger partial charge on any atom is -0.497 e. The van der Waals surface area contributed by atoms with Gasteiger partial charge in [0.2, 0.25) is 5.91 Å². The summed E-state index contributed by atoms with van der Waals surface area (Å²) in [5.74, 6) is -0.0102. The van der Waals surface area contributed by atoms with Gasteiger partial charge in [-0.25, -0.2) is 8.42 Å². The fraction of sp³-hybridized carbons (Fsp3) is 0.167. The van der Waals surface area contributed by atoms with Gasteiger partial charge in [-0.1, -0.05) is 60.7 Å². The second-order valence-electron chi connectivity index (χ2n) is 8.94. The molecular weight excluding hydrogens is 484 g/mol. The molecule has 1 aliphatic heterocycles. The van der Waals surface area contributed by atoms with Crippen LogP contribution in [0.5, 0.6) is 5.75 Å². The van der Waals surface area contributed by atoms with Crippen LogP contribution in [0.25, 0.3) is 0 Å². The number of nitrogens with zero attached hydrogens (tertiary/aromatic N) is 1. The van der Waals surface area contributed by atoms with Crippen LogP contribution in [0.2, 0.25) is 0 Å². The zero-order chi connectivity index (χ0) is 25.8. The van der Waals surface area contributed by atoms with Crippen molar-refractivity contribution in [3.8, 4) is 5.75 Å². The Bertz CT molecular complexity index is 1450. The van der Waals surface area contributed by atoms with E-state index in [0.717, 1.165) is 23.1 Å². The second-order valence-corrected chi connectivity index (χ2v) is 10.8. The summed E-state index contributed by atoms with van der Waals surface area (Å²) in [5.41, 5.74) is 3.98. The average molecular weight is 513 g/mol. The monoisotopic (exact) mass is 512 g/mol. The lowest BCUT2D eigenvalue weighted by atomic mass is 9.90. The van der Waals surface area contributed by atoms with Crippen molar-refractivity contribution in [1.82, 2.24) is 0 Å². The molecule has 4 aromatic carbocycles. The molecule has 1 heterocycles. The largest absolute Gasteiger partial charge is 0.497 e. The second kappa shape index (κ2) is 10.5. The van der Waals surface area contributed by atoms with Gasteiger partial charge in [0.25, 0.3) is 10.0 Å². The van der Waals surface area contributed by atoms with Crippen LogP contribution in [0.3, 0.4) is 0 Å². The van der Waals surface area contributed by atoms with E-state index in [1.54, 1.807) is 43.5 Å². The maximum absolute atomic E-state index is 13.5. The summed E-state index contributed by atoms with van der Waals surface area (Å²) in [4.78, 5) is 13.7. The van der Waals surface area contributed by atoms with Crippen LogP contribution in [0.4, 0.5) is 11.4 Å². The van der Waals surface area contributed by atoms with Gasteiger partial charge in [0.1, 0.15) is 5.75 Å². The van der Waals surface area contributed by atoms with Crippen LogP contribution in [-0.4, -0.2) is 28.0 Å². The Balaban J connectivity index is 1.42. The number of fused-ring (bicyclic) bond motifs is 1. The molecule has 188 valence electrons. The number of sulfonamides is 1. The Morgan fingerprint density at radius 1 is 0.865 bits per heavy atom. The van der Waals surface area contributed by atoms with Crippen LogP contribution in [0.15, 0.2) is 108 Å². The van der Waals surface area contributed by atoms with Crippen molar-refractivity contribution in [3.63, 3.8) is 0 Å².